The molecule has 0 aromatic heterocycles. The van der Waals surface area contributed by atoms with Crippen molar-refractivity contribution in [3.8, 4) is 5.75 Å². The molecular formula is C23H31ClIN5O2. The highest BCUT2D eigenvalue weighted by Gasteiger charge is 2.20. The van der Waals surface area contributed by atoms with Crippen LogP contribution in [0.4, 0.5) is 0 Å². The van der Waals surface area contributed by atoms with Crippen molar-refractivity contribution in [3.63, 3.8) is 0 Å². The topological polar surface area (TPSA) is 92.0 Å². The number of primary amides is 1. The number of likely N-dealkylation sites (tertiary alicyclic amines) is 1. The van der Waals surface area contributed by atoms with Crippen LogP contribution in [0.25, 0.3) is 0 Å². The molecule has 0 saturated carbocycles. The quantitative estimate of drug-likeness (QED) is 0.257. The molecule has 32 heavy (non-hydrogen) atoms. The lowest BCUT2D eigenvalue weighted by Gasteiger charge is -2.33. The van der Waals surface area contributed by atoms with E-state index in [1.807, 2.05) is 30.3 Å². The average molecular weight is 572 g/mol. The van der Waals surface area contributed by atoms with Crippen LogP contribution in [0.15, 0.2) is 53.5 Å². The Morgan fingerprint density at radius 1 is 1.19 bits per heavy atom. The fourth-order valence-corrected chi connectivity index (χ4v) is 3.68. The fraction of sp³-hybridized carbons (Fsp3) is 0.391. The second-order valence-electron chi connectivity index (χ2n) is 7.65. The summed E-state index contributed by atoms with van der Waals surface area (Å²) in [5.41, 5.74) is 7.45. The van der Waals surface area contributed by atoms with Crippen LogP contribution in [0.2, 0.25) is 5.02 Å². The number of guanidine groups is 1. The Balaban J connectivity index is 0.00000363. The predicted octanol–water partition coefficient (Wildman–Crippen LogP) is 3.15. The first-order chi connectivity index (χ1) is 15.0. The number of nitrogens with one attached hydrogen (secondary N) is 2. The lowest BCUT2D eigenvalue weighted by molar-refractivity contribution is -0.119. The second-order valence-corrected chi connectivity index (χ2v) is 8.09. The van der Waals surface area contributed by atoms with Crippen LogP contribution in [-0.2, 0) is 17.9 Å². The molecule has 2 aromatic rings. The molecule has 1 aliphatic heterocycles. The van der Waals surface area contributed by atoms with Gasteiger partial charge in [-0.1, -0.05) is 35.9 Å². The highest BCUT2D eigenvalue weighted by atomic mass is 127. The summed E-state index contributed by atoms with van der Waals surface area (Å²) >= 11 is 5.97. The monoisotopic (exact) mass is 571 g/mol. The van der Waals surface area contributed by atoms with E-state index >= 15 is 0 Å². The van der Waals surface area contributed by atoms with Gasteiger partial charge in [0.1, 0.15) is 5.75 Å². The summed E-state index contributed by atoms with van der Waals surface area (Å²) < 4.78 is 5.36. The Morgan fingerprint density at radius 2 is 1.91 bits per heavy atom. The van der Waals surface area contributed by atoms with E-state index in [9.17, 15) is 4.79 Å². The van der Waals surface area contributed by atoms with Gasteiger partial charge >= 0.3 is 0 Å². The number of hydrogen-bond acceptors (Lipinski definition) is 4. The number of amides is 1. The van der Waals surface area contributed by atoms with Crippen molar-refractivity contribution in [2.75, 3.05) is 26.7 Å². The summed E-state index contributed by atoms with van der Waals surface area (Å²) in [5.74, 6) is 0.904. The maximum atomic E-state index is 10.9. The molecule has 2 aromatic carbocycles. The Labute approximate surface area is 211 Å². The van der Waals surface area contributed by atoms with E-state index < -0.39 is 5.91 Å². The molecular weight excluding hydrogens is 541 g/mol. The van der Waals surface area contributed by atoms with Crippen LogP contribution in [0, 0.1) is 0 Å². The predicted molar refractivity (Wildman–Crippen MR) is 140 cm³/mol. The van der Waals surface area contributed by atoms with Gasteiger partial charge in [-0.2, -0.15) is 0 Å². The summed E-state index contributed by atoms with van der Waals surface area (Å²) in [6.07, 6.45) is 2.12. The summed E-state index contributed by atoms with van der Waals surface area (Å²) in [6, 6.07) is 16.0. The van der Waals surface area contributed by atoms with Crippen molar-refractivity contribution in [1.29, 1.82) is 0 Å². The number of hydrogen-bond donors (Lipinski definition) is 3. The van der Waals surface area contributed by atoms with E-state index in [2.05, 4.69) is 32.7 Å². The zero-order valence-electron chi connectivity index (χ0n) is 18.2. The zero-order chi connectivity index (χ0) is 22.1. The number of nitrogens with zero attached hydrogens (tertiary/aromatic N) is 2. The van der Waals surface area contributed by atoms with E-state index in [0.717, 1.165) is 49.0 Å². The van der Waals surface area contributed by atoms with Crippen molar-refractivity contribution in [2.45, 2.75) is 32.0 Å². The number of ether oxygens (including phenoxy) is 1. The number of aliphatic imine (C=N–C) groups is 1. The molecule has 174 valence electrons. The molecule has 1 fully saturated rings. The van der Waals surface area contributed by atoms with Crippen LogP contribution < -0.4 is 21.1 Å². The third kappa shape index (κ3) is 8.84. The molecule has 9 heteroatoms. The van der Waals surface area contributed by atoms with Crippen molar-refractivity contribution in [3.05, 3.63) is 64.7 Å². The third-order valence-corrected chi connectivity index (χ3v) is 5.46. The van der Waals surface area contributed by atoms with Gasteiger partial charge in [0.15, 0.2) is 12.6 Å². The lowest BCUT2D eigenvalue weighted by Crippen LogP contribution is -2.48. The Kier molecular flexibility index (Phi) is 11.1. The standard InChI is InChI=1S/C23H30ClN5O2.HI/c1-26-23(27-14-18-3-2-4-21(13-18)31-16-22(25)30)28-20-9-11-29(12-10-20)15-17-5-7-19(24)8-6-17;/h2-8,13,20H,9-12,14-16H2,1H3,(H2,25,30)(H2,26,27,28);1H. The van der Waals surface area contributed by atoms with Gasteiger partial charge in [-0.25, -0.2) is 0 Å². The molecule has 4 N–H and O–H groups in total. The van der Waals surface area contributed by atoms with E-state index in [0.29, 0.717) is 18.3 Å². The number of carbonyl (C=O) groups excluding carboxylic acids is 1. The number of nitrogens with two attached hydrogens (primary N) is 1. The first-order valence-electron chi connectivity index (χ1n) is 10.5. The molecule has 0 radical (unpaired) electrons. The van der Waals surface area contributed by atoms with Gasteiger partial charge < -0.3 is 21.1 Å². The van der Waals surface area contributed by atoms with Crippen molar-refractivity contribution >= 4 is 47.4 Å². The van der Waals surface area contributed by atoms with Crippen molar-refractivity contribution < 1.29 is 9.53 Å². The molecule has 0 spiro atoms. The van der Waals surface area contributed by atoms with Gasteiger partial charge in [0, 0.05) is 44.3 Å². The molecule has 7 nitrogen and oxygen atoms in total. The van der Waals surface area contributed by atoms with E-state index in [1.165, 1.54) is 5.56 Å². The summed E-state index contributed by atoms with van der Waals surface area (Å²) in [4.78, 5) is 17.7. The second kappa shape index (κ2) is 13.5. The maximum absolute atomic E-state index is 10.9. The zero-order valence-corrected chi connectivity index (χ0v) is 21.3. The molecule has 0 aliphatic carbocycles. The van der Waals surface area contributed by atoms with Crippen LogP contribution in [0.3, 0.4) is 0 Å². The average Bonchev–Trinajstić information content (AvgIpc) is 2.78. The third-order valence-electron chi connectivity index (χ3n) is 5.21. The minimum absolute atomic E-state index is 0. The maximum Gasteiger partial charge on any atom is 0.255 e. The lowest BCUT2D eigenvalue weighted by atomic mass is 10.0. The van der Waals surface area contributed by atoms with Gasteiger partial charge in [0.05, 0.1) is 0 Å². The van der Waals surface area contributed by atoms with Crippen molar-refractivity contribution in [2.24, 2.45) is 10.7 Å². The molecule has 1 amide bonds. The Bertz CT molecular complexity index is 886. The van der Waals surface area contributed by atoms with Crippen molar-refractivity contribution in [1.82, 2.24) is 15.5 Å². The van der Waals surface area contributed by atoms with Gasteiger partial charge in [-0.3, -0.25) is 14.7 Å². The van der Waals surface area contributed by atoms with Crippen LogP contribution in [-0.4, -0.2) is 49.6 Å². The molecule has 1 saturated heterocycles. The number of benzene rings is 2. The first-order valence-corrected chi connectivity index (χ1v) is 10.8. The SMILES string of the molecule is CN=C(NCc1cccc(OCC(N)=O)c1)NC1CCN(Cc2ccc(Cl)cc2)CC1.I. The van der Waals surface area contributed by atoms with E-state index in [-0.39, 0.29) is 30.6 Å². The minimum atomic E-state index is -0.493. The number of piperidine rings is 1. The van der Waals surface area contributed by atoms with E-state index in [4.69, 9.17) is 22.1 Å². The molecule has 1 heterocycles. The summed E-state index contributed by atoms with van der Waals surface area (Å²) in [5, 5.41) is 7.65. The number of halogens is 2. The Hall–Kier alpha value is -2.04. The van der Waals surface area contributed by atoms with Crippen LogP contribution >= 0.6 is 35.6 Å². The first kappa shape index (κ1) is 26.2. The highest BCUT2D eigenvalue weighted by Crippen LogP contribution is 2.16. The molecule has 0 bridgehead atoms. The van der Waals surface area contributed by atoms with Gasteiger partial charge in [-0.05, 0) is 48.2 Å². The van der Waals surface area contributed by atoms with E-state index in [1.54, 1.807) is 13.1 Å². The Morgan fingerprint density at radius 3 is 2.56 bits per heavy atom. The number of carbonyl (C=O) groups is 1. The van der Waals surface area contributed by atoms with Crippen LogP contribution in [0.5, 0.6) is 5.75 Å². The fourth-order valence-electron chi connectivity index (χ4n) is 3.56. The summed E-state index contributed by atoms with van der Waals surface area (Å²) in [7, 11) is 1.78. The van der Waals surface area contributed by atoms with Gasteiger partial charge in [0.25, 0.3) is 5.91 Å². The highest BCUT2D eigenvalue weighted by molar-refractivity contribution is 14.0. The minimum Gasteiger partial charge on any atom is -0.484 e. The molecule has 3 rings (SSSR count). The number of rotatable bonds is 8. The largest absolute Gasteiger partial charge is 0.484 e. The van der Waals surface area contributed by atoms with Crippen LogP contribution in [0.1, 0.15) is 24.0 Å². The summed E-state index contributed by atoms with van der Waals surface area (Å²) in [6.45, 7) is 3.50. The molecule has 0 atom stereocenters. The molecule has 0 unspecified atom stereocenters. The smallest absolute Gasteiger partial charge is 0.255 e. The van der Waals surface area contributed by atoms with Gasteiger partial charge in [0.2, 0.25) is 0 Å². The normalized spacial score (nSPS) is 15.0. The molecule has 1 aliphatic rings. The van der Waals surface area contributed by atoms with Gasteiger partial charge in [-0.15, -0.1) is 24.0 Å².